The lowest BCUT2D eigenvalue weighted by atomic mass is 9.73. The molecular weight excluding hydrogens is 338 g/mol. The Labute approximate surface area is 159 Å². The molecule has 0 radical (unpaired) electrons. The maximum absolute atomic E-state index is 12.8. The van der Waals surface area contributed by atoms with Gasteiger partial charge in [0, 0.05) is 13.1 Å². The van der Waals surface area contributed by atoms with Gasteiger partial charge in [-0.2, -0.15) is 0 Å². The molecule has 1 N–H and O–H groups in total. The maximum atomic E-state index is 12.8. The molecule has 1 fully saturated rings. The molecule has 0 atom stereocenters. The van der Waals surface area contributed by atoms with Gasteiger partial charge in [-0.25, -0.2) is 0 Å². The molecule has 0 bridgehead atoms. The molecule has 1 saturated heterocycles. The highest BCUT2D eigenvalue weighted by Crippen LogP contribution is 2.36. The number of aryl methyl sites for hydroxylation is 2. The first-order chi connectivity index (χ1) is 13.1. The van der Waals surface area contributed by atoms with E-state index in [0.29, 0.717) is 32.4 Å². The Bertz CT molecular complexity index is 851. The van der Waals surface area contributed by atoms with Gasteiger partial charge in [-0.1, -0.05) is 48.5 Å². The predicted octanol–water partition coefficient (Wildman–Crippen LogP) is 3.36. The van der Waals surface area contributed by atoms with Gasteiger partial charge < -0.3 is 10.0 Å². The topological polar surface area (TPSA) is 57.6 Å². The van der Waals surface area contributed by atoms with Crippen LogP contribution in [-0.2, 0) is 34.3 Å². The smallest absolute Gasteiger partial charge is 0.314 e. The van der Waals surface area contributed by atoms with Gasteiger partial charge in [0.25, 0.3) is 0 Å². The van der Waals surface area contributed by atoms with Crippen molar-refractivity contribution >= 4 is 11.9 Å². The highest BCUT2D eigenvalue weighted by Gasteiger charge is 2.43. The van der Waals surface area contributed by atoms with Crippen molar-refractivity contribution in [3.63, 3.8) is 0 Å². The lowest BCUT2D eigenvalue weighted by Gasteiger charge is -2.39. The first-order valence-corrected chi connectivity index (χ1v) is 9.76. The minimum Gasteiger partial charge on any atom is -0.481 e. The minimum absolute atomic E-state index is 0.0972. The van der Waals surface area contributed by atoms with E-state index in [-0.39, 0.29) is 5.91 Å². The van der Waals surface area contributed by atoms with Crippen molar-refractivity contribution in [3.05, 3.63) is 70.8 Å². The van der Waals surface area contributed by atoms with Crippen LogP contribution in [0.4, 0.5) is 0 Å². The van der Waals surface area contributed by atoms with E-state index in [2.05, 4.69) is 18.2 Å². The van der Waals surface area contributed by atoms with Gasteiger partial charge in [-0.15, -0.1) is 0 Å². The van der Waals surface area contributed by atoms with Crippen LogP contribution in [0, 0.1) is 0 Å². The zero-order valence-corrected chi connectivity index (χ0v) is 15.5. The average Bonchev–Trinajstić information content (AvgIpc) is 3.16. The molecule has 0 spiro atoms. The van der Waals surface area contributed by atoms with Crippen LogP contribution in [0.5, 0.6) is 0 Å². The first-order valence-electron chi connectivity index (χ1n) is 9.76. The predicted molar refractivity (Wildman–Crippen MR) is 104 cm³/mol. The number of fused-ring (bicyclic) bond motifs is 1. The molecule has 2 aromatic rings. The quantitative estimate of drug-likeness (QED) is 0.906. The molecule has 1 aliphatic heterocycles. The molecule has 0 saturated carbocycles. The summed E-state index contributed by atoms with van der Waals surface area (Å²) in [5, 5.41) is 9.89. The van der Waals surface area contributed by atoms with Crippen molar-refractivity contribution in [1.29, 1.82) is 0 Å². The van der Waals surface area contributed by atoms with Gasteiger partial charge in [-0.3, -0.25) is 9.59 Å². The molecule has 4 heteroatoms. The van der Waals surface area contributed by atoms with E-state index >= 15 is 0 Å². The summed E-state index contributed by atoms with van der Waals surface area (Å²) in [6, 6.07) is 15.8. The molecular formula is C23H25NO3. The van der Waals surface area contributed by atoms with Crippen LogP contribution in [0.3, 0.4) is 0 Å². The molecule has 2 aromatic carbocycles. The van der Waals surface area contributed by atoms with Crippen molar-refractivity contribution in [1.82, 2.24) is 4.90 Å². The molecule has 0 unspecified atom stereocenters. The molecule has 4 nitrogen and oxygen atoms in total. The summed E-state index contributed by atoms with van der Waals surface area (Å²) in [6.07, 6.45) is 4.78. The maximum Gasteiger partial charge on any atom is 0.314 e. The Morgan fingerprint density at radius 1 is 0.963 bits per heavy atom. The molecule has 27 heavy (non-hydrogen) atoms. The van der Waals surface area contributed by atoms with Gasteiger partial charge in [0.2, 0.25) is 5.91 Å². The third-order valence-corrected chi connectivity index (χ3v) is 6.22. The Morgan fingerprint density at radius 3 is 2.37 bits per heavy atom. The van der Waals surface area contributed by atoms with E-state index in [1.54, 1.807) is 0 Å². The van der Waals surface area contributed by atoms with Crippen LogP contribution in [0.25, 0.3) is 0 Å². The summed E-state index contributed by atoms with van der Waals surface area (Å²) in [5.41, 5.74) is 3.82. The van der Waals surface area contributed by atoms with Crippen molar-refractivity contribution in [3.8, 4) is 0 Å². The summed E-state index contributed by atoms with van der Waals surface area (Å²) in [6.45, 7) is 0.982. The van der Waals surface area contributed by atoms with Gasteiger partial charge in [0.1, 0.15) is 0 Å². The van der Waals surface area contributed by atoms with Gasteiger partial charge >= 0.3 is 5.97 Å². The van der Waals surface area contributed by atoms with E-state index in [1.165, 1.54) is 17.5 Å². The Morgan fingerprint density at radius 2 is 1.67 bits per heavy atom. The van der Waals surface area contributed by atoms with Crippen LogP contribution in [0.15, 0.2) is 48.5 Å². The fourth-order valence-corrected chi connectivity index (χ4v) is 4.54. The number of likely N-dealkylation sites (tertiary alicyclic amines) is 1. The van der Waals surface area contributed by atoms with Gasteiger partial charge in [0.15, 0.2) is 0 Å². The largest absolute Gasteiger partial charge is 0.481 e. The summed E-state index contributed by atoms with van der Waals surface area (Å²) < 4.78 is 0. The average molecular weight is 363 g/mol. The number of aliphatic carboxylic acids is 1. The van der Waals surface area contributed by atoms with Crippen LogP contribution in [0.1, 0.15) is 41.5 Å². The summed E-state index contributed by atoms with van der Waals surface area (Å²) in [5.74, 6) is -0.695. The number of carbonyl (C=O) groups is 2. The lowest BCUT2D eigenvalue weighted by Crippen LogP contribution is -2.49. The lowest BCUT2D eigenvalue weighted by molar-refractivity contribution is -0.148. The number of carbonyl (C=O) groups excluding carboxylic acids is 1. The third-order valence-electron chi connectivity index (χ3n) is 6.22. The zero-order chi connectivity index (χ0) is 18.9. The highest BCUT2D eigenvalue weighted by atomic mass is 16.4. The fraction of sp³-hybridized carbons (Fsp3) is 0.391. The number of hydrogen-bond acceptors (Lipinski definition) is 2. The molecule has 0 aromatic heterocycles. The van der Waals surface area contributed by atoms with E-state index in [1.807, 2.05) is 35.2 Å². The van der Waals surface area contributed by atoms with Crippen molar-refractivity contribution in [2.24, 2.45) is 0 Å². The first kappa shape index (κ1) is 17.8. The number of amides is 1. The second kappa shape index (κ2) is 7.18. The summed E-state index contributed by atoms with van der Waals surface area (Å²) in [4.78, 5) is 26.6. The van der Waals surface area contributed by atoms with E-state index in [9.17, 15) is 14.7 Å². The number of carboxylic acid groups (broad SMARTS) is 1. The molecule has 4 rings (SSSR count). The van der Waals surface area contributed by atoms with Crippen LogP contribution < -0.4 is 0 Å². The third kappa shape index (κ3) is 3.36. The fourth-order valence-electron chi connectivity index (χ4n) is 4.54. The monoisotopic (exact) mass is 363 g/mol. The van der Waals surface area contributed by atoms with E-state index < -0.39 is 11.4 Å². The normalized spacial score (nSPS) is 18.1. The number of nitrogens with zero attached hydrogens (tertiary/aromatic N) is 1. The standard InChI is InChI=1S/C23H25NO3/c25-21(16-17-9-10-18-5-4-6-19(18)15-17)24-13-11-23(12-14-24,22(26)27)20-7-2-1-3-8-20/h1-3,7-10,15H,4-6,11-14,16H2,(H,26,27). The van der Waals surface area contributed by atoms with Crippen molar-refractivity contribution in [2.75, 3.05) is 13.1 Å². The van der Waals surface area contributed by atoms with Gasteiger partial charge in [-0.05, 0) is 54.4 Å². The molecule has 1 heterocycles. The van der Waals surface area contributed by atoms with Crippen LogP contribution in [-0.4, -0.2) is 35.0 Å². The summed E-state index contributed by atoms with van der Waals surface area (Å²) >= 11 is 0. The molecule has 140 valence electrons. The second-order valence-corrected chi connectivity index (χ2v) is 7.77. The van der Waals surface area contributed by atoms with E-state index in [4.69, 9.17) is 0 Å². The van der Waals surface area contributed by atoms with Crippen LogP contribution in [0.2, 0.25) is 0 Å². The zero-order valence-electron chi connectivity index (χ0n) is 15.5. The summed E-state index contributed by atoms with van der Waals surface area (Å²) in [7, 11) is 0. The number of rotatable bonds is 4. The van der Waals surface area contributed by atoms with Gasteiger partial charge in [0.05, 0.1) is 11.8 Å². The minimum atomic E-state index is -0.883. The molecule has 2 aliphatic rings. The highest BCUT2D eigenvalue weighted by molar-refractivity contribution is 5.83. The number of piperidine rings is 1. The Hall–Kier alpha value is -2.62. The molecule has 1 aliphatic carbocycles. The Balaban J connectivity index is 1.44. The van der Waals surface area contributed by atoms with Crippen molar-refractivity contribution in [2.45, 2.75) is 43.9 Å². The van der Waals surface area contributed by atoms with E-state index in [0.717, 1.165) is 24.0 Å². The number of carboxylic acids is 1. The molecule has 1 amide bonds. The number of benzene rings is 2. The SMILES string of the molecule is O=C(Cc1ccc2c(c1)CCC2)N1CCC(C(=O)O)(c2ccccc2)CC1. The van der Waals surface area contributed by atoms with Crippen molar-refractivity contribution < 1.29 is 14.7 Å². The Kier molecular flexibility index (Phi) is 4.73. The van der Waals surface area contributed by atoms with Crippen LogP contribution >= 0.6 is 0 Å². The second-order valence-electron chi connectivity index (χ2n) is 7.77. The number of hydrogen-bond donors (Lipinski definition) is 1.